The fourth-order valence-electron chi connectivity index (χ4n) is 2.12. The third kappa shape index (κ3) is 3.70. The molecule has 0 saturated heterocycles. The lowest BCUT2D eigenvalue weighted by Crippen LogP contribution is -2.18. The highest BCUT2D eigenvalue weighted by molar-refractivity contribution is 7.89. The number of hydrogen-bond donors (Lipinski definition) is 1. The van der Waals surface area contributed by atoms with E-state index in [0.29, 0.717) is 5.02 Å². The summed E-state index contributed by atoms with van der Waals surface area (Å²) in [6, 6.07) is 19.6. The molecular weight excluding hydrogens is 332 g/mol. The summed E-state index contributed by atoms with van der Waals surface area (Å²) < 4.78 is 24.2. The van der Waals surface area contributed by atoms with Crippen LogP contribution in [-0.2, 0) is 10.0 Å². The minimum atomic E-state index is -3.70. The Balaban J connectivity index is 1.78. The summed E-state index contributed by atoms with van der Waals surface area (Å²) in [5.74, 6) is 0. The average molecular weight is 345 g/mol. The van der Waals surface area contributed by atoms with E-state index in [2.05, 4.69) is 9.93 Å². The van der Waals surface area contributed by atoms with Crippen molar-refractivity contribution >= 4 is 38.6 Å². The van der Waals surface area contributed by atoms with Gasteiger partial charge in [0.05, 0.1) is 11.1 Å². The van der Waals surface area contributed by atoms with E-state index in [1.165, 1.54) is 30.5 Å². The molecule has 0 saturated carbocycles. The maximum absolute atomic E-state index is 12.1. The quantitative estimate of drug-likeness (QED) is 0.578. The minimum absolute atomic E-state index is 0.109. The Kier molecular flexibility index (Phi) is 4.32. The summed E-state index contributed by atoms with van der Waals surface area (Å²) in [7, 11) is -3.70. The van der Waals surface area contributed by atoms with Gasteiger partial charge in [0.1, 0.15) is 0 Å². The van der Waals surface area contributed by atoms with Crippen molar-refractivity contribution in [1.82, 2.24) is 4.83 Å². The van der Waals surface area contributed by atoms with Gasteiger partial charge in [-0.05, 0) is 46.7 Å². The Morgan fingerprint density at radius 1 is 0.913 bits per heavy atom. The highest BCUT2D eigenvalue weighted by atomic mass is 35.5. The monoisotopic (exact) mass is 344 g/mol. The van der Waals surface area contributed by atoms with Gasteiger partial charge in [0.15, 0.2) is 0 Å². The number of benzene rings is 3. The summed E-state index contributed by atoms with van der Waals surface area (Å²) in [6.45, 7) is 0. The fourth-order valence-corrected chi connectivity index (χ4v) is 3.04. The van der Waals surface area contributed by atoms with Gasteiger partial charge in [-0.15, -0.1) is 0 Å². The number of hydrazone groups is 1. The number of rotatable bonds is 4. The van der Waals surface area contributed by atoms with Crippen molar-refractivity contribution in [3.63, 3.8) is 0 Å². The molecule has 0 aliphatic rings. The molecule has 116 valence electrons. The highest BCUT2D eigenvalue weighted by Gasteiger charge is 2.11. The van der Waals surface area contributed by atoms with E-state index in [9.17, 15) is 8.42 Å². The second-order valence-corrected chi connectivity index (χ2v) is 7.01. The number of nitrogens with zero attached hydrogens (tertiary/aromatic N) is 1. The van der Waals surface area contributed by atoms with Gasteiger partial charge in [0.2, 0.25) is 0 Å². The van der Waals surface area contributed by atoms with E-state index < -0.39 is 10.0 Å². The van der Waals surface area contributed by atoms with Crippen LogP contribution < -0.4 is 4.83 Å². The third-order valence-corrected chi connectivity index (χ3v) is 4.77. The van der Waals surface area contributed by atoms with Crippen LogP contribution in [0.4, 0.5) is 0 Å². The van der Waals surface area contributed by atoms with Crippen LogP contribution in [0.2, 0.25) is 5.02 Å². The first kappa shape index (κ1) is 15.5. The first-order valence-corrected chi connectivity index (χ1v) is 8.70. The van der Waals surface area contributed by atoms with Crippen LogP contribution >= 0.6 is 11.6 Å². The largest absolute Gasteiger partial charge is 0.276 e. The molecule has 1 N–H and O–H groups in total. The molecule has 3 rings (SSSR count). The van der Waals surface area contributed by atoms with Crippen LogP contribution in [0.5, 0.6) is 0 Å². The zero-order valence-electron chi connectivity index (χ0n) is 12.0. The van der Waals surface area contributed by atoms with Gasteiger partial charge in [-0.25, -0.2) is 4.83 Å². The summed E-state index contributed by atoms with van der Waals surface area (Å²) in [4.78, 5) is 2.30. The molecule has 3 aromatic rings. The van der Waals surface area contributed by atoms with Crippen molar-refractivity contribution in [2.45, 2.75) is 4.90 Å². The SMILES string of the molecule is O=S(=O)(N/N=C\c1ccc2ccccc2c1)c1ccc(Cl)cc1. The highest BCUT2D eigenvalue weighted by Crippen LogP contribution is 2.15. The maximum Gasteiger partial charge on any atom is 0.276 e. The fraction of sp³-hybridized carbons (Fsp3) is 0. The molecule has 0 spiro atoms. The number of hydrogen-bond acceptors (Lipinski definition) is 3. The molecule has 0 aliphatic carbocycles. The summed E-state index contributed by atoms with van der Waals surface area (Å²) in [5.41, 5.74) is 0.808. The van der Waals surface area contributed by atoms with Gasteiger partial charge < -0.3 is 0 Å². The molecule has 0 bridgehead atoms. The van der Waals surface area contributed by atoms with Crippen LogP contribution in [-0.4, -0.2) is 14.6 Å². The van der Waals surface area contributed by atoms with Crippen molar-refractivity contribution in [3.8, 4) is 0 Å². The van der Waals surface area contributed by atoms with E-state index in [1.807, 2.05) is 42.5 Å². The van der Waals surface area contributed by atoms with Gasteiger partial charge in [-0.3, -0.25) is 0 Å². The van der Waals surface area contributed by atoms with Crippen LogP contribution in [0.1, 0.15) is 5.56 Å². The maximum atomic E-state index is 12.1. The van der Waals surface area contributed by atoms with Gasteiger partial charge in [0, 0.05) is 5.02 Å². The second-order valence-electron chi connectivity index (χ2n) is 4.91. The van der Waals surface area contributed by atoms with E-state index in [4.69, 9.17) is 11.6 Å². The molecule has 0 aromatic heterocycles. The predicted octanol–water partition coefficient (Wildman–Crippen LogP) is 3.81. The van der Waals surface area contributed by atoms with Crippen LogP contribution in [0, 0.1) is 0 Å². The predicted molar refractivity (Wildman–Crippen MR) is 93.3 cm³/mol. The first-order valence-electron chi connectivity index (χ1n) is 6.84. The number of fused-ring (bicyclic) bond motifs is 1. The van der Waals surface area contributed by atoms with Gasteiger partial charge in [-0.1, -0.05) is 48.0 Å². The normalized spacial score (nSPS) is 11.9. The molecule has 0 aliphatic heterocycles. The van der Waals surface area contributed by atoms with E-state index in [0.717, 1.165) is 16.3 Å². The smallest absolute Gasteiger partial charge is 0.200 e. The molecule has 0 atom stereocenters. The Hall–Kier alpha value is -2.37. The second kappa shape index (κ2) is 6.40. The molecule has 4 nitrogen and oxygen atoms in total. The van der Waals surface area contributed by atoms with E-state index in [1.54, 1.807) is 0 Å². The van der Waals surface area contributed by atoms with Crippen molar-refractivity contribution in [3.05, 3.63) is 77.3 Å². The molecule has 0 radical (unpaired) electrons. The standard InChI is InChI=1S/C17H13ClN2O2S/c18-16-7-9-17(10-8-16)23(21,22)20-19-12-13-5-6-14-3-1-2-4-15(14)11-13/h1-12,20H/b19-12-. The van der Waals surface area contributed by atoms with Crippen molar-refractivity contribution in [2.75, 3.05) is 0 Å². The molecular formula is C17H13ClN2O2S. The molecule has 3 aromatic carbocycles. The molecule has 0 heterocycles. The Labute approximate surface area is 139 Å². The lowest BCUT2D eigenvalue weighted by Gasteiger charge is -2.03. The van der Waals surface area contributed by atoms with Crippen LogP contribution in [0.3, 0.4) is 0 Å². The van der Waals surface area contributed by atoms with Crippen molar-refractivity contribution < 1.29 is 8.42 Å². The van der Waals surface area contributed by atoms with Gasteiger partial charge in [-0.2, -0.15) is 13.5 Å². The van der Waals surface area contributed by atoms with Gasteiger partial charge in [0.25, 0.3) is 10.0 Å². The summed E-state index contributed by atoms with van der Waals surface area (Å²) in [6.07, 6.45) is 1.47. The molecule has 0 fully saturated rings. The Bertz CT molecular complexity index is 967. The summed E-state index contributed by atoms with van der Waals surface area (Å²) >= 11 is 5.75. The van der Waals surface area contributed by atoms with Crippen molar-refractivity contribution in [2.24, 2.45) is 5.10 Å². The Morgan fingerprint density at radius 3 is 2.35 bits per heavy atom. The van der Waals surface area contributed by atoms with E-state index in [-0.39, 0.29) is 4.90 Å². The molecule has 0 unspecified atom stereocenters. The summed E-state index contributed by atoms with van der Waals surface area (Å²) in [5, 5.41) is 6.48. The first-order chi connectivity index (χ1) is 11.0. The van der Waals surface area contributed by atoms with Crippen LogP contribution in [0.25, 0.3) is 10.8 Å². The molecule has 23 heavy (non-hydrogen) atoms. The zero-order chi connectivity index (χ0) is 16.3. The van der Waals surface area contributed by atoms with Crippen molar-refractivity contribution in [1.29, 1.82) is 0 Å². The average Bonchev–Trinajstić information content (AvgIpc) is 2.55. The lowest BCUT2D eigenvalue weighted by molar-refractivity contribution is 0.584. The topological polar surface area (TPSA) is 58.5 Å². The van der Waals surface area contributed by atoms with E-state index >= 15 is 0 Å². The number of halogens is 1. The number of sulfonamides is 1. The van der Waals surface area contributed by atoms with Crippen LogP contribution in [0.15, 0.2) is 76.7 Å². The number of nitrogens with one attached hydrogen (secondary N) is 1. The third-order valence-electron chi connectivity index (χ3n) is 3.28. The molecule has 6 heteroatoms. The van der Waals surface area contributed by atoms with Gasteiger partial charge >= 0.3 is 0 Å². The minimum Gasteiger partial charge on any atom is -0.200 e. The Morgan fingerprint density at radius 2 is 1.61 bits per heavy atom. The molecule has 0 amide bonds. The lowest BCUT2D eigenvalue weighted by atomic mass is 10.1. The zero-order valence-corrected chi connectivity index (χ0v) is 13.6.